The van der Waals surface area contributed by atoms with Gasteiger partial charge in [-0.1, -0.05) is 6.07 Å². The zero-order chi connectivity index (χ0) is 14.5. The van der Waals surface area contributed by atoms with E-state index in [9.17, 15) is 8.42 Å². The average Bonchev–Trinajstić information content (AvgIpc) is 2.34. The highest BCUT2D eigenvalue weighted by atomic mass is 32.2. The maximum Gasteiger partial charge on any atom is 0.154 e. The van der Waals surface area contributed by atoms with E-state index < -0.39 is 9.84 Å². The summed E-state index contributed by atoms with van der Waals surface area (Å²) in [5.41, 5.74) is 8.50. The number of rotatable bonds is 7. The Balaban J connectivity index is 2.76. The zero-order valence-electron chi connectivity index (χ0n) is 11.5. The quantitative estimate of drug-likeness (QED) is 0.725. The molecule has 5 nitrogen and oxygen atoms in total. The normalized spacial score (nSPS) is 11.5. The lowest BCUT2D eigenvalue weighted by Gasteiger charge is -2.23. The minimum absolute atomic E-state index is 0.0369. The summed E-state index contributed by atoms with van der Waals surface area (Å²) >= 11 is 0. The molecule has 0 spiro atoms. The Bertz CT molecular complexity index is 515. The predicted octanol–water partition coefficient (Wildman–Crippen LogP) is 0.811. The summed E-state index contributed by atoms with van der Waals surface area (Å²) in [4.78, 5) is 1.96. The Labute approximate surface area is 115 Å². The lowest BCUT2D eigenvalue weighted by Crippen LogP contribution is -2.30. The van der Waals surface area contributed by atoms with Gasteiger partial charge in [0.2, 0.25) is 0 Å². The molecule has 0 aliphatic rings. The molecule has 0 atom stereocenters. The first-order valence-corrected chi connectivity index (χ1v) is 8.14. The van der Waals surface area contributed by atoms with Gasteiger partial charge in [0.05, 0.1) is 18.1 Å². The molecule has 1 rings (SSSR count). The van der Waals surface area contributed by atoms with E-state index in [1.54, 1.807) is 0 Å². The van der Waals surface area contributed by atoms with Gasteiger partial charge in [-0.05, 0) is 31.5 Å². The summed E-state index contributed by atoms with van der Waals surface area (Å²) in [5, 5.41) is 8.70. The number of nitrogen functional groups attached to an aromatic ring is 1. The van der Waals surface area contributed by atoms with E-state index in [2.05, 4.69) is 0 Å². The topological polar surface area (TPSA) is 83.6 Å². The number of benzene rings is 1. The molecule has 1 aromatic rings. The van der Waals surface area contributed by atoms with Crippen LogP contribution in [0.1, 0.15) is 12.5 Å². The second kappa shape index (κ2) is 6.77. The maximum atomic E-state index is 11.6. The average molecular weight is 286 g/mol. The van der Waals surface area contributed by atoms with Crippen LogP contribution < -0.4 is 10.6 Å². The molecule has 1 aromatic carbocycles. The van der Waals surface area contributed by atoms with Crippen LogP contribution in [0, 0.1) is 6.92 Å². The summed E-state index contributed by atoms with van der Waals surface area (Å²) in [6, 6.07) is 5.72. The predicted molar refractivity (Wildman–Crippen MR) is 79.2 cm³/mol. The zero-order valence-corrected chi connectivity index (χ0v) is 12.3. The van der Waals surface area contributed by atoms with Gasteiger partial charge in [-0.2, -0.15) is 0 Å². The monoisotopic (exact) mass is 286 g/mol. The first kappa shape index (κ1) is 15.8. The molecular formula is C13H22N2O3S. The molecule has 0 amide bonds. The Hall–Kier alpha value is -1.27. The molecule has 0 radical (unpaired) electrons. The highest BCUT2D eigenvalue weighted by molar-refractivity contribution is 7.91. The van der Waals surface area contributed by atoms with Gasteiger partial charge in [0.25, 0.3) is 0 Å². The van der Waals surface area contributed by atoms with Crippen LogP contribution in [-0.2, 0) is 9.84 Å². The molecule has 0 bridgehead atoms. The number of aliphatic hydroxyl groups is 1. The van der Waals surface area contributed by atoms with E-state index in [-0.39, 0.29) is 18.1 Å². The minimum Gasteiger partial charge on any atom is -0.398 e. The molecule has 19 heavy (non-hydrogen) atoms. The largest absolute Gasteiger partial charge is 0.398 e. The second-order valence-electron chi connectivity index (χ2n) is 4.50. The minimum atomic E-state index is -3.19. The number of nitrogens with two attached hydrogens (primary N) is 1. The summed E-state index contributed by atoms with van der Waals surface area (Å²) in [5.74, 6) is -0.143. The third-order valence-corrected chi connectivity index (χ3v) is 4.69. The first-order chi connectivity index (χ1) is 8.89. The van der Waals surface area contributed by atoms with Crippen molar-refractivity contribution in [3.8, 4) is 0 Å². The lowest BCUT2D eigenvalue weighted by molar-refractivity contribution is 0.319. The summed E-state index contributed by atoms with van der Waals surface area (Å²) in [7, 11) is -3.19. The van der Waals surface area contributed by atoms with Crippen molar-refractivity contribution in [1.29, 1.82) is 0 Å². The van der Waals surface area contributed by atoms with Gasteiger partial charge in [0.1, 0.15) is 0 Å². The van der Waals surface area contributed by atoms with Crippen molar-refractivity contribution in [2.24, 2.45) is 0 Å². The van der Waals surface area contributed by atoms with Crippen molar-refractivity contribution in [1.82, 2.24) is 0 Å². The van der Waals surface area contributed by atoms with Gasteiger partial charge in [-0.15, -0.1) is 0 Å². The molecule has 0 unspecified atom stereocenters. The van der Waals surface area contributed by atoms with E-state index in [1.165, 1.54) is 0 Å². The molecule has 108 valence electrons. The van der Waals surface area contributed by atoms with Crippen molar-refractivity contribution in [2.45, 2.75) is 13.8 Å². The van der Waals surface area contributed by atoms with E-state index in [0.717, 1.165) is 11.3 Å². The van der Waals surface area contributed by atoms with Crippen LogP contribution in [0.3, 0.4) is 0 Å². The van der Waals surface area contributed by atoms with Crippen LogP contribution >= 0.6 is 0 Å². The lowest BCUT2D eigenvalue weighted by atomic mass is 10.1. The van der Waals surface area contributed by atoms with Crippen LogP contribution in [0.5, 0.6) is 0 Å². The van der Waals surface area contributed by atoms with E-state index in [1.807, 2.05) is 36.9 Å². The summed E-state index contributed by atoms with van der Waals surface area (Å²) in [6.45, 7) is 4.68. The molecule has 0 aliphatic carbocycles. The summed E-state index contributed by atoms with van der Waals surface area (Å²) in [6.07, 6.45) is 0. The fourth-order valence-electron chi connectivity index (χ4n) is 1.78. The SMILES string of the molecule is CCN(CCS(=O)(=O)CCO)c1ccc(C)c(N)c1. The van der Waals surface area contributed by atoms with Crippen LogP contribution in [0.2, 0.25) is 0 Å². The van der Waals surface area contributed by atoms with Crippen molar-refractivity contribution in [2.75, 3.05) is 41.8 Å². The van der Waals surface area contributed by atoms with Crippen LogP contribution in [-0.4, -0.2) is 44.7 Å². The third-order valence-electron chi connectivity index (χ3n) is 3.08. The van der Waals surface area contributed by atoms with E-state index >= 15 is 0 Å². The van der Waals surface area contributed by atoms with Crippen LogP contribution in [0.15, 0.2) is 18.2 Å². The number of hydrogen-bond acceptors (Lipinski definition) is 5. The van der Waals surface area contributed by atoms with Gasteiger partial charge >= 0.3 is 0 Å². The highest BCUT2D eigenvalue weighted by Crippen LogP contribution is 2.20. The van der Waals surface area contributed by atoms with Gasteiger partial charge in [-0.25, -0.2) is 8.42 Å². The Morgan fingerprint density at radius 2 is 2.00 bits per heavy atom. The maximum absolute atomic E-state index is 11.6. The number of aliphatic hydroxyl groups excluding tert-OH is 1. The van der Waals surface area contributed by atoms with Crippen molar-refractivity contribution in [3.05, 3.63) is 23.8 Å². The van der Waals surface area contributed by atoms with Gasteiger partial charge in [-0.3, -0.25) is 0 Å². The van der Waals surface area contributed by atoms with Crippen molar-refractivity contribution in [3.63, 3.8) is 0 Å². The number of aryl methyl sites for hydroxylation is 1. The Morgan fingerprint density at radius 1 is 1.32 bits per heavy atom. The van der Waals surface area contributed by atoms with E-state index in [0.29, 0.717) is 18.8 Å². The highest BCUT2D eigenvalue weighted by Gasteiger charge is 2.13. The molecule has 0 fully saturated rings. The molecular weight excluding hydrogens is 264 g/mol. The second-order valence-corrected chi connectivity index (χ2v) is 6.80. The fraction of sp³-hybridized carbons (Fsp3) is 0.538. The molecule has 0 saturated heterocycles. The van der Waals surface area contributed by atoms with Gasteiger partial charge in [0, 0.05) is 24.5 Å². The Morgan fingerprint density at radius 3 is 2.53 bits per heavy atom. The molecule has 6 heteroatoms. The standard InChI is InChI=1S/C13H22N2O3S/c1-3-15(6-8-19(17,18)9-7-16)12-5-4-11(2)13(14)10-12/h4-5,10,16H,3,6-9,14H2,1-2H3. The number of anilines is 2. The molecule has 0 saturated carbocycles. The fourth-order valence-corrected chi connectivity index (χ4v) is 2.77. The number of nitrogens with zero attached hydrogens (tertiary/aromatic N) is 1. The van der Waals surface area contributed by atoms with Crippen LogP contribution in [0.4, 0.5) is 11.4 Å². The first-order valence-electron chi connectivity index (χ1n) is 6.32. The van der Waals surface area contributed by atoms with E-state index in [4.69, 9.17) is 10.8 Å². The number of hydrogen-bond donors (Lipinski definition) is 2. The van der Waals surface area contributed by atoms with Gasteiger partial charge in [0.15, 0.2) is 9.84 Å². The van der Waals surface area contributed by atoms with Crippen LogP contribution in [0.25, 0.3) is 0 Å². The molecule has 0 aliphatic heterocycles. The van der Waals surface area contributed by atoms with Gasteiger partial charge < -0.3 is 15.7 Å². The number of sulfone groups is 1. The van der Waals surface area contributed by atoms with Crippen molar-refractivity contribution >= 4 is 21.2 Å². The molecule has 3 N–H and O–H groups in total. The van der Waals surface area contributed by atoms with Crippen molar-refractivity contribution < 1.29 is 13.5 Å². The third kappa shape index (κ3) is 4.72. The summed E-state index contributed by atoms with van der Waals surface area (Å²) < 4.78 is 23.2. The smallest absolute Gasteiger partial charge is 0.154 e. The molecule has 0 heterocycles. The molecule has 0 aromatic heterocycles. The Kier molecular flexibility index (Phi) is 5.62.